The number of carbonyl (C=O) groups excluding carboxylic acids is 3. The number of carbonyl (C=O) groups is 3. The van der Waals surface area contributed by atoms with E-state index in [0.29, 0.717) is 46.8 Å². The van der Waals surface area contributed by atoms with E-state index < -0.39 is 18.5 Å². The minimum absolute atomic E-state index is 0.0333. The van der Waals surface area contributed by atoms with Gasteiger partial charge in [0.05, 0.1) is 17.1 Å². The second kappa shape index (κ2) is 8.73. The number of anilines is 1. The zero-order valence-corrected chi connectivity index (χ0v) is 17.2. The molecule has 0 radical (unpaired) electrons. The molecule has 31 heavy (non-hydrogen) atoms. The van der Waals surface area contributed by atoms with Gasteiger partial charge in [-0.1, -0.05) is 11.6 Å². The van der Waals surface area contributed by atoms with Crippen molar-refractivity contribution in [2.45, 2.75) is 13.3 Å². The van der Waals surface area contributed by atoms with Crippen LogP contribution in [-0.2, 0) is 20.7 Å². The SMILES string of the molecule is CC(=O)c1cc2c(cc1NC(=O)COC(=O)Cc1cc(Cl)c3c(c1)OCCO3)OCO2. The number of amides is 1. The van der Waals surface area contributed by atoms with Crippen molar-refractivity contribution in [3.8, 4) is 23.0 Å². The molecule has 2 aliphatic rings. The van der Waals surface area contributed by atoms with Crippen LogP contribution in [0.3, 0.4) is 0 Å². The van der Waals surface area contributed by atoms with Gasteiger partial charge in [-0.15, -0.1) is 0 Å². The topological polar surface area (TPSA) is 109 Å². The van der Waals surface area contributed by atoms with Crippen molar-refractivity contribution in [2.24, 2.45) is 0 Å². The summed E-state index contributed by atoms with van der Waals surface area (Å²) in [6, 6.07) is 6.23. The second-order valence-corrected chi connectivity index (χ2v) is 7.20. The van der Waals surface area contributed by atoms with E-state index in [1.165, 1.54) is 19.1 Å². The van der Waals surface area contributed by atoms with E-state index >= 15 is 0 Å². The first-order valence-corrected chi connectivity index (χ1v) is 9.76. The number of ether oxygens (including phenoxy) is 5. The molecule has 2 aliphatic heterocycles. The summed E-state index contributed by atoms with van der Waals surface area (Å²) in [5, 5.41) is 2.89. The average molecular weight is 448 g/mol. The van der Waals surface area contributed by atoms with E-state index in [0.717, 1.165) is 0 Å². The Morgan fingerprint density at radius 2 is 1.74 bits per heavy atom. The Balaban J connectivity index is 1.36. The molecule has 0 unspecified atom stereocenters. The average Bonchev–Trinajstić information content (AvgIpc) is 3.19. The molecule has 0 fully saturated rings. The molecule has 4 rings (SSSR count). The number of hydrogen-bond acceptors (Lipinski definition) is 8. The van der Waals surface area contributed by atoms with Crippen LogP contribution >= 0.6 is 11.6 Å². The van der Waals surface area contributed by atoms with Gasteiger partial charge in [-0.25, -0.2) is 0 Å². The maximum Gasteiger partial charge on any atom is 0.310 e. The molecule has 0 saturated heterocycles. The molecular formula is C21H18ClNO8. The zero-order chi connectivity index (χ0) is 22.0. The van der Waals surface area contributed by atoms with Crippen LogP contribution in [0.15, 0.2) is 24.3 Å². The summed E-state index contributed by atoms with van der Waals surface area (Å²) in [7, 11) is 0. The minimum atomic E-state index is -0.625. The Morgan fingerprint density at radius 1 is 1.00 bits per heavy atom. The van der Waals surface area contributed by atoms with Crippen molar-refractivity contribution >= 4 is 34.9 Å². The summed E-state index contributed by atoms with van der Waals surface area (Å²) < 4.78 is 26.5. The smallest absolute Gasteiger partial charge is 0.310 e. The third-order valence-electron chi connectivity index (χ3n) is 4.54. The van der Waals surface area contributed by atoms with E-state index in [1.54, 1.807) is 12.1 Å². The van der Waals surface area contributed by atoms with Gasteiger partial charge >= 0.3 is 5.97 Å². The highest BCUT2D eigenvalue weighted by atomic mass is 35.5. The normalized spacial score (nSPS) is 13.5. The van der Waals surface area contributed by atoms with Crippen molar-refractivity contribution in [1.29, 1.82) is 0 Å². The molecule has 2 aromatic carbocycles. The Hall–Kier alpha value is -3.46. The number of nitrogens with one attached hydrogen (secondary N) is 1. The first-order chi connectivity index (χ1) is 14.9. The van der Waals surface area contributed by atoms with E-state index in [2.05, 4.69) is 5.32 Å². The van der Waals surface area contributed by atoms with Crippen LogP contribution in [0.1, 0.15) is 22.8 Å². The van der Waals surface area contributed by atoms with E-state index in [1.807, 2.05) is 0 Å². The highest BCUT2D eigenvalue weighted by molar-refractivity contribution is 6.32. The lowest BCUT2D eigenvalue weighted by Gasteiger charge is -2.20. The van der Waals surface area contributed by atoms with Gasteiger partial charge in [-0.3, -0.25) is 14.4 Å². The predicted molar refractivity (Wildman–Crippen MR) is 108 cm³/mol. The molecule has 2 aromatic rings. The molecule has 9 nitrogen and oxygen atoms in total. The Bertz CT molecular complexity index is 1070. The third kappa shape index (κ3) is 4.66. The molecule has 1 amide bonds. The fraction of sp³-hybridized carbons (Fsp3) is 0.286. The highest BCUT2D eigenvalue weighted by Gasteiger charge is 2.21. The molecule has 2 heterocycles. The van der Waals surface area contributed by atoms with Gasteiger partial charge in [0.15, 0.2) is 35.4 Å². The van der Waals surface area contributed by atoms with Gasteiger partial charge in [0.2, 0.25) is 6.79 Å². The largest absolute Gasteiger partial charge is 0.486 e. The molecule has 0 aliphatic carbocycles. The number of fused-ring (bicyclic) bond motifs is 2. The monoisotopic (exact) mass is 447 g/mol. The summed E-state index contributed by atoms with van der Waals surface area (Å²) in [5.74, 6) is 0.241. The van der Waals surface area contributed by atoms with Crippen molar-refractivity contribution in [3.05, 3.63) is 40.4 Å². The number of rotatable bonds is 6. The van der Waals surface area contributed by atoms with E-state index in [-0.39, 0.29) is 30.2 Å². The lowest BCUT2D eigenvalue weighted by Crippen LogP contribution is -2.22. The lowest BCUT2D eigenvalue weighted by molar-refractivity contribution is -0.146. The van der Waals surface area contributed by atoms with Crippen LogP contribution in [0, 0.1) is 0 Å². The second-order valence-electron chi connectivity index (χ2n) is 6.79. The van der Waals surface area contributed by atoms with Gasteiger partial charge < -0.3 is 29.0 Å². The van der Waals surface area contributed by atoms with E-state index in [4.69, 9.17) is 35.3 Å². The number of halogens is 1. The quantitative estimate of drug-likeness (QED) is 0.531. The first-order valence-electron chi connectivity index (χ1n) is 9.39. The molecule has 162 valence electrons. The highest BCUT2D eigenvalue weighted by Crippen LogP contribution is 2.39. The Morgan fingerprint density at radius 3 is 2.52 bits per heavy atom. The third-order valence-corrected chi connectivity index (χ3v) is 4.82. The van der Waals surface area contributed by atoms with Crippen LogP contribution in [0.2, 0.25) is 5.02 Å². The summed E-state index contributed by atoms with van der Waals surface area (Å²) >= 11 is 6.16. The fourth-order valence-corrected chi connectivity index (χ4v) is 3.44. The molecule has 10 heteroatoms. The molecule has 0 atom stereocenters. The van der Waals surface area contributed by atoms with Crippen molar-refractivity contribution in [2.75, 3.05) is 31.9 Å². The maximum absolute atomic E-state index is 12.3. The molecule has 0 aromatic heterocycles. The van der Waals surface area contributed by atoms with Crippen molar-refractivity contribution < 1.29 is 38.1 Å². The van der Waals surface area contributed by atoms with Crippen LogP contribution in [-0.4, -0.2) is 44.3 Å². The summed E-state index contributed by atoms with van der Waals surface area (Å²) in [4.78, 5) is 36.3. The number of Topliss-reactive ketones (excluding diaryl/α,β-unsaturated/α-hetero) is 1. The zero-order valence-electron chi connectivity index (χ0n) is 16.5. The summed E-state index contributed by atoms with van der Waals surface area (Å²) in [5.41, 5.74) is 1.07. The van der Waals surface area contributed by atoms with Crippen LogP contribution in [0.4, 0.5) is 5.69 Å². The Kier molecular flexibility index (Phi) is 5.85. The lowest BCUT2D eigenvalue weighted by atomic mass is 10.1. The van der Waals surface area contributed by atoms with Gasteiger partial charge in [0, 0.05) is 11.6 Å². The number of esters is 1. The number of benzene rings is 2. The first kappa shape index (κ1) is 20.8. The number of hydrogen-bond donors (Lipinski definition) is 1. The Labute approximate surface area is 182 Å². The predicted octanol–water partition coefficient (Wildman–Crippen LogP) is 2.77. The van der Waals surface area contributed by atoms with Crippen LogP contribution < -0.4 is 24.3 Å². The summed E-state index contributed by atoms with van der Waals surface area (Å²) in [6.07, 6.45) is -0.105. The molecule has 0 spiro atoms. The van der Waals surface area contributed by atoms with Crippen LogP contribution in [0.5, 0.6) is 23.0 Å². The van der Waals surface area contributed by atoms with Crippen molar-refractivity contribution in [1.82, 2.24) is 0 Å². The van der Waals surface area contributed by atoms with Gasteiger partial charge in [-0.05, 0) is 30.7 Å². The molecule has 0 bridgehead atoms. The molecular weight excluding hydrogens is 430 g/mol. The minimum Gasteiger partial charge on any atom is -0.486 e. The fourth-order valence-electron chi connectivity index (χ4n) is 3.15. The number of ketones is 1. The van der Waals surface area contributed by atoms with E-state index in [9.17, 15) is 14.4 Å². The molecule has 0 saturated carbocycles. The maximum atomic E-state index is 12.3. The summed E-state index contributed by atoms with van der Waals surface area (Å²) in [6.45, 7) is 1.66. The molecule has 1 N–H and O–H groups in total. The van der Waals surface area contributed by atoms with Crippen LogP contribution in [0.25, 0.3) is 0 Å². The van der Waals surface area contributed by atoms with Gasteiger partial charge in [-0.2, -0.15) is 0 Å². The van der Waals surface area contributed by atoms with Crippen molar-refractivity contribution in [3.63, 3.8) is 0 Å². The van der Waals surface area contributed by atoms with Gasteiger partial charge in [0.25, 0.3) is 5.91 Å². The standard InChI is InChI=1S/C21H18ClNO8/c1-11(24)13-7-16-17(31-10-30-16)8-15(13)23-19(25)9-29-20(26)6-12-4-14(22)21-18(5-12)27-2-3-28-21/h4-5,7-8H,2-3,6,9-10H2,1H3,(H,23,25). The van der Waals surface area contributed by atoms with Gasteiger partial charge in [0.1, 0.15) is 13.2 Å².